The molecule has 0 saturated heterocycles. The molecule has 1 N–H and O–H groups in total. The number of nitriles is 1. The molecule has 0 aliphatic carbocycles. The molecule has 2 aromatic rings. The Labute approximate surface area is 150 Å². The van der Waals surface area contributed by atoms with Crippen molar-refractivity contribution < 1.29 is 23.8 Å². The molecule has 1 amide bonds. The quantitative estimate of drug-likeness (QED) is 0.848. The molecule has 0 bridgehead atoms. The van der Waals surface area contributed by atoms with Gasteiger partial charge in [-0.1, -0.05) is 18.2 Å². The highest BCUT2D eigenvalue weighted by Gasteiger charge is 2.31. The van der Waals surface area contributed by atoms with E-state index >= 15 is 0 Å². The predicted octanol–water partition coefficient (Wildman–Crippen LogP) is 2.27. The lowest BCUT2D eigenvalue weighted by Gasteiger charge is -2.25. The first-order chi connectivity index (χ1) is 12.6. The van der Waals surface area contributed by atoms with Crippen LogP contribution in [0.25, 0.3) is 0 Å². The fourth-order valence-corrected chi connectivity index (χ4v) is 2.35. The second-order valence-electron chi connectivity index (χ2n) is 5.63. The minimum absolute atomic E-state index is 0.00833. The van der Waals surface area contributed by atoms with Gasteiger partial charge in [0.2, 0.25) is 6.10 Å². The molecule has 132 valence electrons. The van der Waals surface area contributed by atoms with E-state index in [9.17, 15) is 9.59 Å². The van der Waals surface area contributed by atoms with Crippen molar-refractivity contribution in [3.63, 3.8) is 0 Å². The van der Waals surface area contributed by atoms with E-state index in [1.807, 2.05) is 6.07 Å². The summed E-state index contributed by atoms with van der Waals surface area (Å²) in [6, 6.07) is 15.4. The van der Waals surface area contributed by atoms with Crippen LogP contribution in [0.2, 0.25) is 0 Å². The molecule has 0 radical (unpaired) electrons. The van der Waals surface area contributed by atoms with Crippen LogP contribution in [-0.4, -0.2) is 30.7 Å². The smallest absolute Gasteiger partial charge is 0.351 e. The number of carbonyl (C=O) groups excluding carboxylic acids is 2. The van der Waals surface area contributed by atoms with E-state index in [1.54, 1.807) is 42.5 Å². The summed E-state index contributed by atoms with van der Waals surface area (Å²) >= 11 is 0. The van der Waals surface area contributed by atoms with Crippen molar-refractivity contribution in [3.8, 4) is 17.6 Å². The number of hydrogen-bond donors (Lipinski definition) is 1. The van der Waals surface area contributed by atoms with Crippen LogP contribution in [0, 0.1) is 11.3 Å². The minimum Gasteiger partial charge on any atom is -0.485 e. The second-order valence-corrected chi connectivity index (χ2v) is 5.63. The van der Waals surface area contributed by atoms with Gasteiger partial charge in [0, 0.05) is 5.69 Å². The Morgan fingerprint density at radius 2 is 2.00 bits per heavy atom. The number of nitrogens with zero attached hydrogens (tertiary/aromatic N) is 1. The van der Waals surface area contributed by atoms with E-state index in [0.717, 1.165) is 0 Å². The van der Waals surface area contributed by atoms with Gasteiger partial charge in [-0.25, -0.2) is 4.79 Å². The van der Waals surface area contributed by atoms with Gasteiger partial charge in [-0.3, -0.25) is 4.79 Å². The van der Waals surface area contributed by atoms with Crippen LogP contribution in [0.4, 0.5) is 5.69 Å². The van der Waals surface area contributed by atoms with Crippen molar-refractivity contribution >= 4 is 17.6 Å². The van der Waals surface area contributed by atoms with E-state index in [2.05, 4.69) is 5.32 Å². The van der Waals surface area contributed by atoms with Gasteiger partial charge in [0.1, 0.15) is 6.61 Å². The molecule has 1 heterocycles. The molecule has 1 aliphatic rings. The van der Waals surface area contributed by atoms with Crippen molar-refractivity contribution in [1.29, 1.82) is 5.26 Å². The fourth-order valence-electron chi connectivity index (χ4n) is 2.35. The van der Waals surface area contributed by atoms with Gasteiger partial charge in [0.05, 0.1) is 11.6 Å². The number of anilines is 1. The second kappa shape index (κ2) is 7.57. The molecular weight excluding hydrogens is 336 g/mol. The number of fused-ring (bicyclic) bond motifs is 1. The highest BCUT2D eigenvalue weighted by atomic mass is 16.6. The van der Waals surface area contributed by atoms with E-state index in [4.69, 9.17) is 19.5 Å². The number of carbonyl (C=O) groups is 2. The van der Waals surface area contributed by atoms with E-state index < -0.39 is 24.1 Å². The van der Waals surface area contributed by atoms with Crippen molar-refractivity contribution in [1.82, 2.24) is 0 Å². The Kier molecular flexibility index (Phi) is 5.04. The van der Waals surface area contributed by atoms with Crippen LogP contribution in [0.5, 0.6) is 11.5 Å². The van der Waals surface area contributed by atoms with Crippen LogP contribution >= 0.6 is 0 Å². The van der Waals surface area contributed by atoms with Crippen LogP contribution < -0.4 is 14.8 Å². The summed E-state index contributed by atoms with van der Waals surface area (Å²) in [5.74, 6) is -0.190. The zero-order chi connectivity index (χ0) is 18.5. The summed E-state index contributed by atoms with van der Waals surface area (Å²) in [7, 11) is 0. The third-order valence-corrected chi connectivity index (χ3v) is 3.69. The predicted molar refractivity (Wildman–Crippen MR) is 91.7 cm³/mol. The first-order valence-corrected chi connectivity index (χ1v) is 7.97. The average molecular weight is 352 g/mol. The summed E-state index contributed by atoms with van der Waals surface area (Å²) in [6.07, 6.45) is -1.98. The Morgan fingerprint density at radius 1 is 1.23 bits per heavy atom. The van der Waals surface area contributed by atoms with Crippen LogP contribution in [0.1, 0.15) is 12.5 Å². The zero-order valence-corrected chi connectivity index (χ0v) is 14.0. The van der Waals surface area contributed by atoms with E-state index in [-0.39, 0.29) is 6.61 Å². The van der Waals surface area contributed by atoms with Crippen LogP contribution in [0.15, 0.2) is 48.5 Å². The standard InChI is InChI=1S/C19H16N2O5/c1-12(18(22)21-14-6-4-5-13(9-14)10-20)25-19(23)17-11-24-15-7-2-3-8-16(15)26-17/h2-9,12,17H,11H2,1H3,(H,21,22)/t12-,17-/m1/s1. The third kappa shape index (κ3) is 3.92. The van der Waals surface area contributed by atoms with Gasteiger partial charge in [-0.15, -0.1) is 0 Å². The normalized spacial score (nSPS) is 16.1. The molecule has 7 heteroatoms. The Hall–Kier alpha value is -3.53. The highest BCUT2D eigenvalue weighted by Crippen LogP contribution is 2.31. The van der Waals surface area contributed by atoms with Crippen molar-refractivity contribution in [2.45, 2.75) is 19.1 Å². The number of benzene rings is 2. The maximum atomic E-state index is 12.2. The zero-order valence-electron chi connectivity index (χ0n) is 14.0. The summed E-state index contributed by atoms with van der Waals surface area (Å²) in [6.45, 7) is 1.47. The van der Waals surface area contributed by atoms with E-state index in [1.165, 1.54) is 13.0 Å². The van der Waals surface area contributed by atoms with Gasteiger partial charge in [-0.2, -0.15) is 5.26 Å². The molecule has 1 aliphatic heterocycles. The molecule has 0 fully saturated rings. The summed E-state index contributed by atoms with van der Waals surface area (Å²) < 4.78 is 16.2. The summed E-state index contributed by atoms with van der Waals surface area (Å²) in [5.41, 5.74) is 0.863. The molecule has 3 rings (SSSR count). The molecule has 0 spiro atoms. The third-order valence-electron chi connectivity index (χ3n) is 3.69. The minimum atomic E-state index is -1.03. The van der Waals surface area contributed by atoms with Crippen molar-refractivity contribution in [2.24, 2.45) is 0 Å². The Morgan fingerprint density at radius 3 is 2.77 bits per heavy atom. The first kappa shape index (κ1) is 17.3. The monoisotopic (exact) mass is 352 g/mol. The maximum absolute atomic E-state index is 12.2. The number of rotatable bonds is 4. The lowest BCUT2D eigenvalue weighted by molar-refractivity contribution is -0.162. The van der Waals surface area contributed by atoms with Gasteiger partial charge >= 0.3 is 5.97 Å². The lowest BCUT2D eigenvalue weighted by Crippen LogP contribution is -2.41. The fraction of sp³-hybridized carbons (Fsp3) is 0.211. The topological polar surface area (TPSA) is 97.7 Å². The van der Waals surface area contributed by atoms with E-state index in [0.29, 0.717) is 22.7 Å². The molecule has 7 nitrogen and oxygen atoms in total. The number of esters is 1. The van der Waals surface area contributed by atoms with Crippen LogP contribution in [0.3, 0.4) is 0 Å². The molecule has 0 unspecified atom stereocenters. The van der Waals surface area contributed by atoms with Crippen LogP contribution in [-0.2, 0) is 14.3 Å². The average Bonchev–Trinajstić information content (AvgIpc) is 2.67. The Balaban J connectivity index is 1.57. The SMILES string of the molecule is C[C@@H](OC(=O)[C@H]1COc2ccccc2O1)C(=O)Nc1cccc(C#N)c1. The van der Waals surface area contributed by atoms with Gasteiger partial charge in [-0.05, 0) is 37.3 Å². The maximum Gasteiger partial charge on any atom is 0.351 e. The first-order valence-electron chi connectivity index (χ1n) is 7.97. The molecular formula is C19H16N2O5. The van der Waals surface area contributed by atoms with Crippen molar-refractivity contribution in [2.75, 3.05) is 11.9 Å². The number of ether oxygens (including phenoxy) is 3. The summed E-state index contributed by atoms with van der Waals surface area (Å²) in [5, 5.41) is 11.5. The van der Waals surface area contributed by atoms with Crippen molar-refractivity contribution in [3.05, 3.63) is 54.1 Å². The summed E-state index contributed by atoms with van der Waals surface area (Å²) in [4.78, 5) is 24.4. The number of amides is 1. The molecule has 26 heavy (non-hydrogen) atoms. The lowest BCUT2D eigenvalue weighted by atomic mass is 10.2. The van der Waals surface area contributed by atoms with Gasteiger partial charge < -0.3 is 19.5 Å². The number of hydrogen-bond acceptors (Lipinski definition) is 6. The Bertz CT molecular complexity index is 874. The van der Waals surface area contributed by atoms with Gasteiger partial charge in [0.15, 0.2) is 17.6 Å². The highest BCUT2D eigenvalue weighted by molar-refractivity contribution is 5.95. The molecule has 2 atom stereocenters. The number of nitrogens with one attached hydrogen (secondary N) is 1. The number of para-hydroxylation sites is 2. The molecule has 2 aromatic carbocycles. The van der Waals surface area contributed by atoms with Gasteiger partial charge in [0.25, 0.3) is 5.91 Å². The molecule has 0 aromatic heterocycles. The largest absolute Gasteiger partial charge is 0.485 e. The molecule has 0 saturated carbocycles.